The number of hydrogen-bond acceptors (Lipinski definition) is 2. The summed E-state index contributed by atoms with van der Waals surface area (Å²) in [7, 11) is 0. The summed E-state index contributed by atoms with van der Waals surface area (Å²) in [6.07, 6.45) is 1.58. The Labute approximate surface area is 69.8 Å². The van der Waals surface area contributed by atoms with Crippen molar-refractivity contribution in [1.29, 1.82) is 0 Å². The van der Waals surface area contributed by atoms with Crippen molar-refractivity contribution in [2.75, 3.05) is 0 Å². The number of aryl methyl sites for hydroxylation is 1. The molecule has 1 aromatic rings. The first-order valence-corrected chi connectivity index (χ1v) is 4.46. The zero-order valence-electron chi connectivity index (χ0n) is 6.04. The van der Waals surface area contributed by atoms with Crippen LogP contribution in [0.3, 0.4) is 0 Å². The summed E-state index contributed by atoms with van der Waals surface area (Å²) in [6.45, 7) is 0. The fraction of sp³-hybridized carbons (Fsp3) is 0.222. The van der Waals surface area contributed by atoms with Crippen LogP contribution in [-0.4, -0.2) is 5.12 Å². The molecule has 2 rings (SSSR count). The summed E-state index contributed by atoms with van der Waals surface area (Å²) in [5.74, 6) is 0. The first-order valence-electron chi connectivity index (χ1n) is 3.64. The van der Waals surface area contributed by atoms with Gasteiger partial charge in [0, 0.05) is 11.3 Å². The van der Waals surface area contributed by atoms with Crippen molar-refractivity contribution < 1.29 is 4.79 Å². The van der Waals surface area contributed by atoms with Gasteiger partial charge in [-0.25, -0.2) is 0 Å². The molecule has 0 aliphatic carbocycles. The lowest BCUT2D eigenvalue weighted by molar-refractivity contribution is -0.110. The highest BCUT2D eigenvalue weighted by Crippen LogP contribution is 2.25. The number of carbonyl (C=O) groups is 1. The van der Waals surface area contributed by atoms with Gasteiger partial charge in [0.1, 0.15) is 0 Å². The fourth-order valence-electron chi connectivity index (χ4n) is 1.19. The average Bonchev–Trinajstić information content (AvgIpc) is 2.12. The molecule has 11 heavy (non-hydrogen) atoms. The Balaban J connectivity index is 2.42. The molecule has 0 saturated heterocycles. The van der Waals surface area contributed by atoms with Crippen LogP contribution in [0.5, 0.6) is 0 Å². The predicted molar refractivity (Wildman–Crippen MR) is 45.6 cm³/mol. The summed E-state index contributed by atoms with van der Waals surface area (Å²) in [5, 5.41) is 0.284. The maximum Gasteiger partial charge on any atom is 0.194 e. The minimum atomic E-state index is 0.284. The largest absolute Gasteiger partial charge is 0.287 e. The minimum Gasteiger partial charge on any atom is -0.287 e. The smallest absolute Gasteiger partial charge is 0.194 e. The molecule has 0 atom stereocenters. The second kappa shape index (κ2) is 2.70. The number of fused-ring (bicyclic) bond motifs is 2. The van der Waals surface area contributed by atoms with Crippen molar-refractivity contribution in [3.05, 3.63) is 29.8 Å². The molecular formula is C9H8OS. The molecule has 1 aromatic carbocycles. The van der Waals surface area contributed by atoms with Crippen molar-refractivity contribution in [1.82, 2.24) is 0 Å². The van der Waals surface area contributed by atoms with E-state index in [0.29, 0.717) is 6.42 Å². The van der Waals surface area contributed by atoms with E-state index < -0.39 is 0 Å². The topological polar surface area (TPSA) is 17.1 Å². The first-order chi connectivity index (χ1) is 5.34. The number of benzene rings is 1. The molecule has 0 spiro atoms. The Morgan fingerprint density at radius 1 is 1.27 bits per heavy atom. The molecule has 2 heteroatoms. The van der Waals surface area contributed by atoms with Gasteiger partial charge < -0.3 is 0 Å². The number of thioether (sulfide) groups is 1. The van der Waals surface area contributed by atoms with Crippen molar-refractivity contribution in [3.63, 3.8) is 0 Å². The van der Waals surface area contributed by atoms with Gasteiger partial charge in [-0.2, -0.15) is 0 Å². The highest BCUT2D eigenvalue weighted by molar-refractivity contribution is 8.13. The van der Waals surface area contributed by atoms with Crippen molar-refractivity contribution in [2.45, 2.75) is 17.7 Å². The molecule has 0 amide bonds. The van der Waals surface area contributed by atoms with Crippen LogP contribution < -0.4 is 0 Å². The van der Waals surface area contributed by atoms with Crippen molar-refractivity contribution >= 4 is 16.9 Å². The molecule has 0 fully saturated rings. The molecule has 0 aromatic heterocycles. The molecule has 0 N–H and O–H groups in total. The summed E-state index contributed by atoms with van der Waals surface area (Å²) in [5.41, 5.74) is 1.28. The summed E-state index contributed by atoms with van der Waals surface area (Å²) in [4.78, 5) is 12.2. The van der Waals surface area contributed by atoms with E-state index in [1.165, 1.54) is 17.3 Å². The van der Waals surface area contributed by atoms with Crippen molar-refractivity contribution in [2.24, 2.45) is 0 Å². The van der Waals surface area contributed by atoms with Crippen LogP contribution in [0.1, 0.15) is 12.0 Å². The summed E-state index contributed by atoms with van der Waals surface area (Å²) in [6, 6.07) is 8.16. The van der Waals surface area contributed by atoms with Crippen LogP contribution in [0.4, 0.5) is 0 Å². The Hall–Kier alpha value is -0.760. The van der Waals surface area contributed by atoms with E-state index in [1.54, 1.807) is 0 Å². The third kappa shape index (κ3) is 1.46. The average molecular weight is 164 g/mol. The zero-order valence-corrected chi connectivity index (χ0v) is 6.86. The Bertz CT molecular complexity index is 293. The van der Waals surface area contributed by atoms with E-state index in [2.05, 4.69) is 12.1 Å². The lowest BCUT2D eigenvalue weighted by atomic mass is 10.1. The number of rotatable bonds is 0. The molecule has 0 radical (unpaired) electrons. The molecule has 1 aliphatic rings. The van der Waals surface area contributed by atoms with E-state index in [1.807, 2.05) is 12.1 Å². The van der Waals surface area contributed by atoms with Gasteiger partial charge in [0.15, 0.2) is 5.12 Å². The molecule has 56 valence electrons. The van der Waals surface area contributed by atoms with Crippen LogP contribution in [-0.2, 0) is 11.2 Å². The molecule has 0 saturated carbocycles. The van der Waals surface area contributed by atoms with Crippen LogP contribution in [0, 0.1) is 0 Å². The maximum atomic E-state index is 11.1. The lowest BCUT2D eigenvalue weighted by Gasteiger charge is -1.93. The Morgan fingerprint density at radius 2 is 2.18 bits per heavy atom. The monoisotopic (exact) mass is 164 g/mol. The lowest BCUT2D eigenvalue weighted by Crippen LogP contribution is -1.89. The van der Waals surface area contributed by atoms with Crippen LogP contribution in [0.15, 0.2) is 29.2 Å². The van der Waals surface area contributed by atoms with Gasteiger partial charge in [-0.15, -0.1) is 0 Å². The molecular weight excluding hydrogens is 156 g/mol. The Kier molecular flexibility index (Phi) is 1.70. The van der Waals surface area contributed by atoms with Gasteiger partial charge >= 0.3 is 0 Å². The van der Waals surface area contributed by atoms with Crippen LogP contribution >= 0.6 is 11.8 Å². The van der Waals surface area contributed by atoms with E-state index in [-0.39, 0.29) is 5.12 Å². The van der Waals surface area contributed by atoms with Crippen molar-refractivity contribution in [3.8, 4) is 0 Å². The first kappa shape index (κ1) is 6.92. The molecule has 1 nitrogen and oxygen atoms in total. The van der Waals surface area contributed by atoms with E-state index >= 15 is 0 Å². The van der Waals surface area contributed by atoms with Gasteiger partial charge in [0.25, 0.3) is 0 Å². The summed E-state index contributed by atoms with van der Waals surface area (Å²) >= 11 is 1.36. The zero-order chi connectivity index (χ0) is 7.68. The quantitative estimate of drug-likeness (QED) is 0.585. The fourth-order valence-corrected chi connectivity index (χ4v) is 2.02. The third-order valence-electron chi connectivity index (χ3n) is 1.75. The predicted octanol–water partition coefficient (Wildman–Crippen LogP) is 2.25. The van der Waals surface area contributed by atoms with Crippen LogP contribution in [0.2, 0.25) is 0 Å². The van der Waals surface area contributed by atoms with E-state index in [0.717, 1.165) is 11.3 Å². The molecule has 1 aliphatic heterocycles. The van der Waals surface area contributed by atoms with E-state index in [4.69, 9.17) is 0 Å². The van der Waals surface area contributed by atoms with Crippen LogP contribution in [0.25, 0.3) is 0 Å². The second-order valence-corrected chi connectivity index (χ2v) is 3.75. The maximum absolute atomic E-state index is 11.1. The molecule has 2 bridgehead atoms. The van der Waals surface area contributed by atoms with Gasteiger partial charge in [-0.1, -0.05) is 23.9 Å². The van der Waals surface area contributed by atoms with Gasteiger partial charge in [-0.3, -0.25) is 4.79 Å². The second-order valence-electron chi connectivity index (χ2n) is 2.62. The summed E-state index contributed by atoms with van der Waals surface area (Å²) < 4.78 is 0. The van der Waals surface area contributed by atoms with Gasteiger partial charge in [-0.05, 0) is 24.1 Å². The highest BCUT2D eigenvalue weighted by atomic mass is 32.2. The SMILES string of the molecule is O=C1CCc2cccc(c2)S1. The number of carbonyl (C=O) groups excluding carboxylic acids is 1. The minimum absolute atomic E-state index is 0.284. The molecule has 0 unspecified atom stereocenters. The normalized spacial score (nSPS) is 16.2. The van der Waals surface area contributed by atoms with Gasteiger partial charge in [0.2, 0.25) is 0 Å². The van der Waals surface area contributed by atoms with E-state index in [9.17, 15) is 4.79 Å². The Morgan fingerprint density at radius 3 is 3.09 bits per heavy atom. The standard InChI is InChI=1S/C9H8OS/c10-9-5-4-7-2-1-3-8(6-7)11-9/h1-3,6H,4-5H2. The highest BCUT2D eigenvalue weighted by Gasteiger charge is 2.10. The van der Waals surface area contributed by atoms with Gasteiger partial charge in [0.05, 0.1) is 0 Å². The molecule has 1 heterocycles. The third-order valence-corrected chi connectivity index (χ3v) is 2.67. The number of hydrogen-bond donors (Lipinski definition) is 0.